The Kier molecular flexibility index (Phi) is 9.26. The van der Waals surface area contributed by atoms with Crippen LogP contribution in [0.25, 0.3) is 0 Å². The molecular weight excluding hydrogens is 395 g/mol. The summed E-state index contributed by atoms with van der Waals surface area (Å²) in [6, 6.07) is 2.13. The van der Waals surface area contributed by atoms with E-state index < -0.39 is 0 Å². The van der Waals surface area contributed by atoms with E-state index in [1.54, 1.807) is 11.3 Å². The molecule has 1 aromatic heterocycles. The number of hydrogen-bond acceptors (Lipinski definition) is 3. The van der Waals surface area contributed by atoms with Gasteiger partial charge in [-0.2, -0.15) is 11.3 Å². The number of halogens is 1. The van der Waals surface area contributed by atoms with Crippen molar-refractivity contribution in [1.82, 2.24) is 15.5 Å². The van der Waals surface area contributed by atoms with Crippen LogP contribution in [0.2, 0.25) is 0 Å². The predicted molar refractivity (Wildman–Crippen MR) is 103 cm³/mol. The van der Waals surface area contributed by atoms with Gasteiger partial charge in [0.25, 0.3) is 0 Å². The fraction of sp³-hybridized carbons (Fsp3) is 0.667. The first-order valence-corrected chi connectivity index (χ1v) is 8.44. The highest BCUT2D eigenvalue weighted by molar-refractivity contribution is 14.0. The SMILES string of the molecule is CCNC(=NCc1ccsc1)NCC1CCN(C)CC1.I. The van der Waals surface area contributed by atoms with Gasteiger partial charge in [0.05, 0.1) is 6.54 Å². The molecule has 1 fully saturated rings. The van der Waals surface area contributed by atoms with Gasteiger partial charge in [0.2, 0.25) is 0 Å². The lowest BCUT2D eigenvalue weighted by Crippen LogP contribution is -2.42. The van der Waals surface area contributed by atoms with Gasteiger partial charge in [-0.05, 0) is 68.2 Å². The molecule has 1 aliphatic heterocycles. The Morgan fingerprint density at radius 1 is 1.38 bits per heavy atom. The van der Waals surface area contributed by atoms with E-state index >= 15 is 0 Å². The van der Waals surface area contributed by atoms with E-state index in [-0.39, 0.29) is 24.0 Å². The fourth-order valence-electron chi connectivity index (χ4n) is 2.40. The summed E-state index contributed by atoms with van der Waals surface area (Å²) in [5.74, 6) is 1.72. The number of thiophene rings is 1. The summed E-state index contributed by atoms with van der Waals surface area (Å²) in [4.78, 5) is 7.06. The van der Waals surface area contributed by atoms with Crippen LogP contribution in [0.5, 0.6) is 0 Å². The Bertz CT molecular complexity index is 400. The molecule has 0 unspecified atom stereocenters. The van der Waals surface area contributed by atoms with E-state index in [1.165, 1.54) is 31.5 Å². The fourth-order valence-corrected chi connectivity index (χ4v) is 3.06. The number of nitrogens with zero attached hydrogens (tertiary/aromatic N) is 2. The Morgan fingerprint density at radius 3 is 2.76 bits per heavy atom. The van der Waals surface area contributed by atoms with Crippen molar-refractivity contribution < 1.29 is 0 Å². The standard InChI is InChI=1S/C15H26N4S.HI/c1-3-16-15(18-11-14-6-9-20-12-14)17-10-13-4-7-19(2)8-5-13;/h6,9,12-13H,3-5,7-8,10-11H2,1-2H3,(H2,16,17,18);1H. The van der Waals surface area contributed by atoms with Crippen LogP contribution in [0.3, 0.4) is 0 Å². The molecule has 0 aromatic carbocycles. The van der Waals surface area contributed by atoms with Crippen molar-refractivity contribution >= 4 is 41.3 Å². The van der Waals surface area contributed by atoms with Crippen LogP contribution in [0.4, 0.5) is 0 Å². The average Bonchev–Trinajstić information content (AvgIpc) is 2.97. The zero-order valence-electron chi connectivity index (χ0n) is 13.0. The number of guanidine groups is 1. The molecule has 2 N–H and O–H groups in total. The van der Waals surface area contributed by atoms with E-state index in [0.717, 1.165) is 31.5 Å². The molecule has 0 radical (unpaired) electrons. The van der Waals surface area contributed by atoms with Crippen molar-refractivity contribution in [2.45, 2.75) is 26.3 Å². The first kappa shape index (κ1) is 18.7. The molecule has 0 saturated carbocycles. The van der Waals surface area contributed by atoms with Gasteiger partial charge in [0.15, 0.2) is 5.96 Å². The molecule has 2 heterocycles. The number of likely N-dealkylation sites (tertiary alicyclic amines) is 1. The van der Waals surface area contributed by atoms with Crippen LogP contribution in [-0.2, 0) is 6.54 Å². The lowest BCUT2D eigenvalue weighted by atomic mass is 9.97. The van der Waals surface area contributed by atoms with Crippen LogP contribution in [0, 0.1) is 5.92 Å². The van der Waals surface area contributed by atoms with Crippen LogP contribution >= 0.6 is 35.3 Å². The van der Waals surface area contributed by atoms with E-state index in [2.05, 4.69) is 51.3 Å². The topological polar surface area (TPSA) is 39.7 Å². The second-order valence-corrected chi connectivity index (χ2v) is 6.23. The van der Waals surface area contributed by atoms with Crippen molar-refractivity contribution in [3.05, 3.63) is 22.4 Å². The Balaban J connectivity index is 0.00000220. The monoisotopic (exact) mass is 422 g/mol. The van der Waals surface area contributed by atoms with E-state index in [0.29, 0.717) is 0 Å². The van der Waals surface area contributed by atoms with E-state index in [1.807, 2.05) is 0 Å². The molecule has 0 aliphatic carbocycles. The molecule has 6 heteroatoms. The summed E-state index contributed by atoms with van der Waals surface area (Å²) in [6.45, 7) is 7.24. The first-order chi connectivity index (χ1) is 9.78. The lowest BCUT2D eigenvalue weighted by Gasteiger charge is -2.29. The predicted octanol–water partition coefficient (Wildman–Crippen LogP) is 2.76. The summed E-state index contributed by atoms with van der Waals surface area (Å²) in [5, 5.41) is 11.1. The number of hydrogen-bond donors (Lipinski definition) is 2. The van der Waals surface area contributed by atoms with Gasteiger partial charge in [-0.3, -0.25) is 0 Å². The largest absolute Gasteiger partial charge is 0.357 e. The summed E-state index contributed by atoms with van der Waals surface area (Å²) in [6.07, 6.45) is 2.57. The molecule has 0 amide bonds. The molecule has 21 heavy (non-hydrogen) atoms. The minimum atomic E-state index is 0. The quantitative estimate of drug-likeness (QED) is 0.436. The Hall–Kier alpha value is -0.340. The highest BCUT2D eigenvalue weighted by Gasteiger charge is 2.16. The second-order valence-electron chi connectivity index (χ2n) is 5.45. The Labute approximate surface area is 149 Å². The van der Waals surface area contributed by atoms with Crippen molar-refractivity contribution in [2.24, 2.45) is 10.9 Å². The van der Waals surface area contributed by atoms with E-state index in [9.17, 15) is 0 Å². The van der Waals surface area contributed by atoms with Crippen molar-refractivity contribution in [1.29, 1.82) is 0 Å². The molecule has 0 atom stereocenters. The van der Waals surface area contributed by atoms with Gasteiger partial charge in [-0.1, -0.05) is 0 Å². The van der Waals surface area contributed by atoms with Gasteiger partial charge in [0, 0.05) is 13.1 Å². The molecule has 120 valence electrons. The van der Waals surface area contributed by atoms with Gasteiger partial charge < -0.3 is 15.5 Å². The van der Waals surface area contributed by atoms with Gasteiger partial charge >= 0.3 is 0 Å². The van der Waals surface area contributed by atoms with Crippen LogP contribution in [0.1, 0.15) is 25.3 Å². The second kappa shape index (κ2) is 10.4. The molecule has 4 nitrogen and oxygen atoms in total. The highest BCUT2D eigenvalue weighted by Crippen LogP contribution is 2.14. The maximum Gasteiger partial charge on any atom is 0.191 e. The molecule has 0 bridgehead atoms. The smallest absolute Gasteiger partial charge is 0.191 e. The number of aliphatic imine (C=N–C) groups is 1. The minimum absolute atomic E-state index is 0. The number of rotatable bonds is 5. The first-order valence-electron chi connectivity index (χ1n) is 7.49. The molecule has 1 aromatic rings. The summed E-state index contributed by atoms with van der Waals surface area (Å²) in [7, 11) is 2.20. The number of piperidine rings is 1. The zero-order valence-corrected chi connectivity index (χ0v) is 16.1. The van der Waals surface area contributed by atoms with Crippen LogP contribution < -0.4 is 10.6 Å². The third-order valence-corrected chi connectivity index (χ3v) is 4.47. The normalized spacial score (nSPS) is 17.3. The maximum atomic E-state index is 4.65. The molecule has 1 aliphatic rings. The van der Waals surface area contributed by atoms with Gasteiger partial charge in [-0.15, -0.1) is 24.0 Å². The van der Waals surface area contributed by atoms with Crippen molar-refractivity contribution in [3.8, 4) is 0 Å². The zero-order chi connectivity index (χ0) is 14.2. The summed E-state index contributed by atoms with van der Waals surface area (Å²) >= 11 is 1.73. The summed E-state index contributed by atoms with van der Waals surface area (Å²) < 4.78 is 0. The van der Waals surface area contributed by atoms with Crippen LogP contribution in [0.15, 0.2) is 21.8 Å². The third kappa shape index (κ3) is 6.97. The highest BCUT2D eigenvalue weighted by atomic mass is 127. The van der Waals surface area contributed by atoms with E-state index in [4.69, 9.17) is 0 Å². The third-order valence-electron chi connectivity index (χ3n) is 3.74. The maximum absolute atomic E-state index is 4.65. The summed E-state index contributed by atoms with van der Waals surface area (Å²) in [5.41, 5.74) is 1.28. The molecule has 2 rings (SSSR count). The van der Waals surface area contributed by atoms with Crippen molar-refractivity contribution in [3.63, 3.8) is 0 Å². The minimum Gasteiger partial charge on any atom is -0.357 e. The van der Waals surface area contributed by atoms with Crippen LogP contribution in [-0.4, -0.2) is 44.1 Å². The lowest BCUT2D eigenvalue weighted by molar-refractivity contribution is 0.220. The molecule has 0 spiro atoms. The number of nitrogens with one attached hydrogen (secondary N) is 2. The average molecular weight is 422 g/mol. The molecular formula is C15H27IN4S. The van der Waals surface area contributed by atoms with Gasteiger partial charge in [0.1, 0.15) is 0 Å². The van der Waals surface area contributed by atoms with Crippen molar-refractivity contribution in [2.75, 3.05) is 33.2 Å². The molecule has 1 saturated heterocycles. The Morgan fingerprint density at radius 2 is 2.14 bits per heavy atom. The van der Waals surface area contributed by atoms with Gasteiger partial charge in [-0.25, -0.2) is 4.99 Å².